The number of halogens is 1. The Kier molecular flexibility index (Phi) is 3.18. The van der Waals surface area contributed by atoms with E-state index < -0.39 is 0 Å². The van der Waals surface area contributed by atoms with Crippen molar-refractivity contribution in [3.05, 3.63) is 24.0 Å². The van der Waals surface area contributed by atoms with Gasteiger partial charge in [-0.25, -0.2) is 9.37 Å². The second-order valence-corrected chi connectivity index (χ2v) is 5.51. The van der Waals surface area contributed by atoms with E-state index in [9.17, 15) is 4.39 Å². The van der Waals surface area contributed by atoms with Gasteiger partial charge in [-0.15, -0.1) is 0 Å². The Labute approximate surface area is 110 Å². The molecule has 18 heavy (non-hydrogen) atoms. The van der Waals surface area contributed by atoms with Crippen molar-refractivity contribution in [3.8, 4) is 0 Å². The summed E-state index contributed by atoms with van der Waals surface area (Å²) in [4.78, 5) is 9.12. The molecule has 1 aliphatic rings. The fourth-order valence-corrected chi connectivity index (χ4v) is 3.33. The highest BCUT2D eigenvalue weighted by Gasteiger charge is 2.19. The summed E-state index contributed by atoms with van der Waals surface area (Å²) in [5.41, 5.74) is 0.510. The lowest BCUT2D eigenvalue weighted by Crippen LogP contribution is -2.46. The van der Waals surface area contributed by atoms with Crippen LogP contribution in [0.25, 0.3) is 10.2 Å². The van der Waals surface area contributed by atoms with Gasteiger partial charge in [-0.2, -0.15) is 0 Å². The van der Waals surface area contributed by atoms with E-state index in [1.807, 2.05) is 6.07 Å². The van der Waals surface area contributed by atoms with E-state index in [0.717, 1.165) is 42.6 Å². The summed E-state index contributed by atoms with van der Waals surface area (Å²) in [5, 5.41) is 0.950. The quantitative estimate of drug-likeness (QED) is 0.832. The van der Waals surface area contributed by atoms with E-state index >= 15 is 0 Å². The number of piperazine rings is 1. The molecule has 1 aromatic heterocycles. The number of para-hydroxylation sites is 1. The van der Waals surface area contributed by atoms with Gasteiger partial charge in [0.1, 0.15) is 11.3 Å². The molecule has 0 saturated carbocycles. The minimum absolute atomic E-state index is 0.220. The van der Waals surface area contributed by atoms with Crippen LogP contribution in [0, 0.1) is 5.82 Å². The van der Waals surface area contributed by atoms with Crippen molar-refractivity contribution in [2.24, 2.45) is 0 Å². The highest BCUT2D eigenvalue weighted by Crippen LogP contribution is 2.30. The standard InChI is InChI=1S/C13H16FN3S/c1-2-16-6-8-17(9-7-16)13-15-12-10(14)4-3-5-11(12)18-13/h3-5H,2,6-9H2,1H3. The number of hydrogen-bond donors (Lipinski definition) is 0. The van der Waals surface area contributed by atoms with Crippen LogP contribution in [0.2, 0.25) is 0 Å². The smallest absolute Gasteiger partial charge is 0.186 e. The van der Waals surface area contributed by atoms with Crippen molar-refractivity contribution in [3.63, 3.8) is 0 Å². The molecule has 0 bridgehead atoms. The Morgan fingerprint density at radius 1 is 1.28 bits per heavy atom. The van der Waals surface area contributed by atoms with Gasteiger partial charge in [0.15, 0.2) is 5.13 Å². The highest BCUT2D eigenvalue weighted by atomic mass is 32.1. The number of thiazole rings is 1. The molecule has 2 aromatic rings. The van der Waals surface area contributed by atoms with Gasteiger partial charge in [0.25, 0.3) is 0 Å². The van der Waals surface area contributed by atoms with Crippen LogP contribution in [0.15, 0.2) is 18.2 Å². The van der Waals surface area contributed by atoms with Gasteiger partial charge < -0.3 is 9.80 Å². The molecule has 1 saturated heterocycles. The molecule has 0 unspecified atom stereocenters. The van der Waals surface area contributed by atoms with Crippen LogP contribution in [-0.2, 0) is 0 Å². The Bertz CT molecular complexity index is 546. The maximum atomic E-state index is 13.6. The zero-order valence-corrected chi connectivity index (χ0v) is 11.2. The molecular weight excluding hydrogens is 249 g/mol. The lowest BCUT2D eigenvalue weighted by atomic mass is 10.3. The molecule has 1 aromatic carbocycles. The first kappa shape index (κ1) is 11.9. The van der Waals surface area contributed by atoms with Crippen molar-refractivity contribution in [1.29, 1.82) is 0 Å². The number of nitrogens with zero attached hydrogens (tertiary/aromatic N) is 3. The molecule has 96 valence electrons. The fraction of sp³-hybridized carbons (Fsp3) is 0.462. The molecule has 3 nitrogen and oxygen atoms in total. The first-order valence-corrected chi connectivity index (χ1v) is 7.12. The topological polar surface area (TPSA) is 19.4 Å². The molecule has 0 amide bonds. The SMILES string of the molecule is CCN1CCN(c2nc3c(F)cccc3s2)CC1. The Hall–Kier alpha value is -1.20. The van der Waals surface area contributed by atoms with E-state index in [-0.39, 0.29) is 5.82 Å². The Morgan fingerprint density at radius 3 is 2.72 bits per heavy atom. The normalized spacial score (nSPS) is 17.6. The summed E-state index contributed by atoms with van der Waals surface area (Å²) in [6.45, 7) is 7.37. The van der Waals surface area contributed by atoms with Crippen molar-refractivity contribution < 1.29 is 4.39 Å². The number of fused-ring (bicyclic) bond motifs is 1. The van der Waals surface area contributed by atoms with Crippen LogP contribution >= 0.6 is 11.3 Å². The lowest BCUT2D eigenvalue weighted by molar-refractivity contribution is 0.271. The molecule has 0 atom stereocenters. The zero-order valence-electron chi connectivity index (χ0n) is 10.4. The summed E-state index contributed by atoms with van der Waals surface area (Å²) in [6.07, 6.45) is 0. The van der Waals surface area contributed by atoms with E-state index in [0.29, 0.717) is 5.52 Å². The maximum absolute atomic E-state index is 13.6. The summed E-state index contributed by atoms with van der Waals surface area (Å²) >= 11 is 1.58. The van der Waals surface area contributed by atoms with Crippen LogP contribution in [0.1, 0.15) is 6.92 Å². The highest BCUT2D eigenvalue weighted by molar-refractivity contribution is 7.22. The number of aromatic nitrogens is 1. The molecule has 2 heterocycles. The minimum Gasteiger partial charge on any atom is -0.345 e. The van der Waals surface area contributed by atoms with Gasteiger partial charge in [0.05, 0.1) is 4.70 Å². The third kappa shape index (κ3) is 2.08. The third-order valence-corrected chi connectivity index (χ3v) is 4.53. The largest absolute Gasteiger partial charge is 0.345 e. The molecular formula is C13H16FN3S. The van der Waals surface area contributed by atoms with Gasteiger partial charge >= 0.3 is 0 Å². The number of rotatable bonds is 2. The molecule has 0 N–H and O–H groups in total. The monoisotopic (exact) mass is 265 g/mol. The molecule has 5 heteroatoms. The second kappa shape index (κ2) is 4.82. The lowest BCUT2D eigenvalue weighted by Gasteiger charge is -2.33. The van der Waals surface area contributed by atoms with Gasteiger partial charge in [-0.05, 0) is 18.7 Å². The van der Waals surface area contributed by atoms with Crippen LogP contribution in [0.3, 0.4) is 0 Å². The van der Waals surface area contributed by atoms with Crippen molar-refractivity contribution >= 4 is 26.7 Å². The summed E-state index contributed by atoms with van der Waals surface area (Å²) in [6, 6.07) is 5.15. The van der Waals surface area contributed by atoms with Gasteiger partial charge in [-0.1, -0.05) is 24.3 Å². The van der Waals surface area contributed by atoms with Gasteiger partial charge in [0.2, 0.25) is 0 Å². The van der Waals surface area contributed by atoms with E-state index in [1.54, 1.807) is 17.4 Å². The summed E-state index contributed by atoms with van der Waals surface area (Å²) in [7, 11) is 0. The average molecular weight is 265 g/mol. The number of benzene rings is 1. The van der Waals surface area contributed by atoms with Crippen LogP contribution < -0.4 is 4.90 Å². The van der Waals surface area contributed by atoms with E-state index in [2.05, 4.69) is 21.7 Å². The molecule has 0 spiro atoms. The third-order valence-electron chi connectivity index (χ3n) is 3.45. The molecule has 0 aliphatic carbocycles. The summed E-state index contributed by atoms with van der Waals surface area (Å²) < 4.78 is 14.5. The second-order valence-electron chi connectivity index (χ2n) is 4.50. The van der Waals surface area contributed by atoms with E-state index in [1.165, 1.54) is 6.07 Å². The van der Waals surface area contributed by atoms with Crippen molar-refractivity contribution in [2.75, 3.05) is 37.6 Å². The minimum atomic E-state index is -0.220. The number of likely N-dealkylation sites (N-methyl/N-ethyl adjacent to an activating group) is 1. The molecule has 3 rings (SSSR count). The number of hydrogen-bond acceptors (Lipinski definition) is 4. The maximum Gasteiger partial charge on any atom is 0.186 e. The zero-order chi connectivity index (χ0) is 12.5. The molecule has 1 aliphatic heterocycles. The van der Waals surface area contributed by atoms with E-state index in [4.69, 9.17) is 0 Å². The van der Waals surface area contributed by atoms with Crippen molar-refractivity contribution in [1.82, 2.24) is 9.88 Å². The van der Waals surface area contributed by atoms with Crippen LogP contribution in [0.5, 0.6) is 0 Å². The Morgan fingerprint density at radius 2 is 2.06 bits per heavy atom. The number of anilines is 1. The van der Waals surface area contributed by atoms with Gasteiger partial charge in [-0.3, -0.25) is 0 Å². The predicted octanol–water partition coefficient (Wildman–Crippen LogP) is 2.58. The van der Waals surface area contributed by atoms with Crippen LogP contribution in [-0.4, -0.2) is 42.6 Å². The first-order chi connectivity index (χ1) is 8.78. The molecule has 1 fully saturated rings. The average Bonchev–Trinajstić information content (AvgIpc) is 2.84. The van der Waals surface area contributed by atoms with Crippen molar-refractivity contribution in [2.45, 2.75) is 6.92 Å². The molecule has 0 radical (unpaired) electrons. The summed E-state index contributed by atoms with van der Waals surface area (Å²) in [5.74, 6) is -0.220. The van der Waals surface area contributed by atoms with Crippen LogP contribution in [0.4, 0.5) is 9.52 Å². The Balaban J connectivity index is 1.85. The first-order valence-electron chi connectivity index (χ1n) is 6.30. The predicted molar refractivity (Wildman–Crippen MR) is 73.9 cm³/mol. The fourth-order valence-electron chi connectivity index (χ4n) is 2.29. The van der Waals surface area contributed by atoms with Gasteiger partial charge in [0, 0.05) is 26.2 Å².